The van der Waals surface area contributed by atoms with Crippen molar-refractivity contribution in [3.8, 4) is 5.75 Å². The van der Waals surface area contributed by atoms with Gasteiger partial charge in [0, 0.05) is 47.2 Å². The number of fused-ring (bicyclic) bond motifs is 1. The Balaban J connectivity index is 0. The van der Waals surface area contributed by atoms with Gasteiger partial charge in [-0.2, -0.15) is 15.0 Å². The summed E-state index contributed by atoms with van der Waals surface area (Å²) >= 11 is 0. The molecule has 11 N–H and O–H groups in total. The lowest BCUT2D eigenvalue weighted by molar-refractivity contribution is 0.102. The van der Waals surface area contributed by atoms with Crippen LogP contribution in [0.15, 0.2) is 60.7 Å². The van der Waals surface area contributed by atoms with E-state index >= 15 is 0 Å². The third-order valence-corrected chi connectivity index (χ3v) is 7.43. The number of hydrogen-bond donors (Lipinski definition) is 5. The number of carbonyl (C=O) groups excluding carboxylic acids is 1. The van der Waals surface area contributed by atoms with E-state index in [1.807, 2.05) is 48.5 Å². The number of aromatic hydroxyl groups is 1. The minimum atomic E-state index is -0.367. The maximum absolute atomic E-state index is 12.9. The molecule has 13 heteroatoms. The number of nitrogens with zero attached hydrogens (tertiary/aromatic N) is 5. The summed E-state index contributed by atoms with van der Waals surface area (Å²) in [7, 11) is 0. The number of aromatic nitrogens is 3. The lowest BCUT2D eigenvalue weighted by Crippen LogP contribution is -2.34. The highest BCUT2D eigenvalue weighted by Gasteiger charge is 2.20. The number of benzene rings is 3. The molecule has 0 aliphatic carbocycles. The van der Waals surface area contributed by atoms with Crippen molar-refractivity contribution < 1.29 is 19.7 Å². The fraction of sp³-hybridized carbons (Fsp3) is 0.333. The Hall–Kier alpha value is -4.23. The Morgan fingerprint density at radius 1 is 0.721 bits per heavy atom. The zero-order valence-electron chi connectivity index (χ0n) is 24.3. The number of rotatable bonds is 6. The second kappa shape index (κ2) is 15.8. The molecule has 43 heavy (non-hydrogen) atoms. The lowest BCUT2D eigenvalue weighted by Gasteiger charge is -2.30. The smallest absolute Gasteiger partial charge is 0.259 e. The van der Waals surface area contributed by atoms with Crippen LogP contribution >= 0.6 is 12.4 Å². The summed E-state index contributed by atoms with van der Waals surface area (Å²) in [5.41, 5.74) is 1.66. The number of nitrogens with one attached hydrogen (secondary N) is 2. The first kappa shape index (κ1) is 35.0. The fourth-order valence-electron chi connectivity index (χ4n) is 5.28. The molecule has 6 rings (SSSR count). The largest absolute Gasteiger partial charge is 0.506 e. The molecule has 1 aromatic heterocycles. The molecule has 1 amide bonds. The molecule has 0 spiro atoms. The molecule has 3 aromatic carbocycles. The molecule has 2 aliphatic rings. The van der Waals surface area contributed by atoms with Crippen LogP contribution in [0.1, 0.15) is 53.2 Å². The van der Waals surface area contributed by atoms with Crippen LogP contribution in [0.3, 0.4) is 0 Å². The van der Waals surface area contributed by atoms with Crippen molar-refractivity contribution in [1.82, 2.24) is 27.3 Å². The van der Waals surface area contributed by atoms with Crippen molar-refractivity contribution in [2.75, 3.05) is 46.6 Å². The standard InChI is InChI=1S/C30H33N7O2.ClH.2H3N.H2O.3H2/c38-26-24-10-4-3-9-21(24)11-16-25(26)27(39)31-22-12-14-23(15-13-22)32-28-33-29(36-17-5-1-6-18-36)35-30(34-28)37-19-7-2-8-20-37;;;;;;;/h3-4,9-16,38H,1-2,5-8,17-20H2,(H,31,39)(H,32,33,34,35);1H;2*1H3;1H2;3*1H. The number of phenolic OH excluding ortho intramolecular Hbond substituents is 1. The number of hydrogen-bond acceptors (Lipinski definition) is 10. The molecule has 0 bridgehead atoms. The van der Waals surface area contributed by atoms with Gasteiger partial charge in [-0.05, 0) is 74.2 Å². The minimum Gasteiger partial charge on any atom is -0.506 e. The van der Waals surface area contributed by atoms with Gasteiger partial charge < -0.3 is 43.3 Å². The zero-order valence-corrected chi connectivity index (χ0v) is 25.1. The average molecular weight is 618 g/mol. The molecule has 2 fully saturated rings. The Morgan fingerprint density at radius 3 is 1.84 bits per heavy atom. The second-order valence-corrected chi connectivity index (χ2v) is 10.2. The molecule has 2 aliphatic heterocycles. The third-order valence-electron chi connectivity index (χ3n) is 7.43. The fourth-order valence-corrected chi connectivity index (χ4v) is 5.28. The third kappa shape index (κ3) is 7.99. The molecular formula is C30H48ClN9O3. The SMILES string of the molecule is Cl.N.N.O.O=C(Nc1ccc(Nc2nc(N3CCCCC3)nc(N3CCCCC3)n2)cc1)c1ccc2ccccc2c1O.[HH].[HH].[HH]. The first-order valence-corrected chi connectivity index (χ1v) is 13.8. The first-order chi connectivity index (χ1) is 19.1. The van der Waals surface area contributed by atoms with Crippen LogP contribution in [0.4, 0.5) is 29.2 Å². The van der Waals surface area contributed by atoms with E-state index < -0.39 is 0 Å². The molecular weight excluding hydrogens is 570 g/mol. The van der Waals surface area contributed by atoms with Crippen molar-refractivity contribution in [2.24, 2.45) is 0 Å². The summed E-state index contributed by atoms with van der Waals surface area (Å²) in [6.07, 6.45) is 7.09. The van der Waals surface area contributed by atoms with E-state index in [-0.39, 0.29) is 51.7 Å². The van der Waals surface area contributed by atoms with Crippen molar-refractivity contribution in [1.29, 1.82) is 0 Å². The molecule has 3 heterocycles. The van der Waals surface area contributed by atoms with Gasteiger partial charge in [0.2, 0.25) is 17.8 Å². The summed E-state index contributed by atoms with van der Waals surface area (Å²) in [5, 5.41) is 18.4. The van der Waals surface area contributed by atoms with E-state index in [4.69, 9.17) is 15.0 Å². The van der Waals surface area contributed by atoms with Crippen LogP contribution in [0.25, 0.3) is 10.8 Å². The summed E-state index contributed by atoms with van der Waals surface area (Å²) in [4.78, 5) is 31.8. The van der Waals surface area contributed by atoms with Crippen LogP contribution in [-0.2, 0) is 0 Å². The van der Waals surface area contributed by atoms with Crippen LogP contribution in [0.2, 0.25) is 0 Å². The number of halogens is 1. The Bertz CT molecular complexity index is 1460. The monoisotopic (exact) mass is 617 g/mol. The highest BCUT2D eigenvalue weighted by Crippen LogP contribution is 2.30. The van der Waals surface area contributed by atoms with E-state index in [1.54, 1.807) is 12.1 Å². The summed E-state index contributed by atoms with van der Waals surface area (Å²) < 4.78 is 0. The summed E-state index contributed by atoms with van der Waals surface area (Å²) in [5.74, 6) is 1.59. The van der Waals surface area contributed by atoms with E-state index in [0.29, 0.717) is 17.0 Å². The maximum atomic E-state index is 12.9. The van der Waals surface area contributed by atoms with Crippen LogP contribution in [-0.4, -0.2) is 57.6 Å². The van der Waals surface area contributed by atoms with Gasteiger partial charge in [-0.1, -0.05) is 30.3 Å². The lowest BCUT2D eigenvalue weighted by atomic mass is 10.0. The summed E-state index contributed by atoms with van der Waals surface area (Å²) in [6.45, 7) is 3.85. The van der Waals surface area contributed by atoms with Gasteiger partial charge in [-0.3, -0.25) is 4.79 Å². The molecule has 12 nitrogen and oxygen atoms in total. The van der Waals surface area contributed by atoms with Crippen LogP contribution < -0.4 is 32.7 Å². The van der Waals surface area contributed by atoms with Gasteiger partial charge in [-0.25, -0.2) is 0 Å². The normalized spacial score (nSPS) is 14.3. The van der Waals surface area contributed by atoms with Gasteiger partial charge in [0.25, 0.3) is 5.91 Å². The quantitative estimate of drug-likeness (QED) is 0.161. The van der Waals surface area contributed by atoms with Crippen molar-refractivity contribution in [2.45, 2.75) is 38.5 Å². The number of carbonyl (C=O) groups is 1. The van der Waals surface area contributed by atoms with E-state index in [9.17, 15) is 9.90 Å². The van der Waals surface area contributed by atoms with Crippen molar-refractivity contribution in [3.05, 3.63) is 66.2 Å². The topological polar surface area (TPSA) is 208 Å². The van der Waals surface area contributed by atoms with Gasteiger partial charge >= 0.3 is 0 Å². The molecule has 2 saturated heterocycles. The van der Waals surface area contributed by atoms with Gasteiger partial charge in [0.15, 0.2) is 0 Å². The summed E-state index contributed by atoms with van der Waals surface area (Å²) in [6, 6.07) is 18.3. The Labute approximate surface area is 262 Å². The number of anilines is 5. The minimum absolute atomic E-state index is 0. The van der Waals surface area contributed by atoms with E-state index in [0.717, 1.165) is 74.8 Å². The van der Waals surface area contributed by atoms with Crippen molar-refractivity contribution in [3.63, 3.8) is 0 Å². The predicted molar refractivity (Wildman–Crippen MR) is 182 cm³/mol. The Morgan fingerprint density at radius 2 is 1.26 bits per heavy atom. The molecule has 238 valence electrons. The van der Waals surface area contributed by atoms with Crippen LogP contribution in [0, 0.1) is 0 Å². The highest BCUT2D eigenvalue weighted by molar-refractivity contribution is 6.09. The molecule has 0 radical (unpaired) electrons. The van der Waals surface area contributed by atoms with Gasteiger partial charge in [-0.15, -0.1) is 12.4 Å². The van der Waals surface area contributed by atoms with Crippen LogP contribution in [0.5, 0.6) is 5.75 Å². The van der Waals surface area contributed by atoms with Gasteiger partial charge in [0.1, 0.15) is 5.75 Å². The highest BCUT2D eigenvalue weighted by atomic mass is 35.5. The first-order valence-electron chi connectivity index (χ1n) is 13.8. The van der Waals surface area contributed by atoms with E-state index in [1.165, 1.54) is 12.8 Å². The second-order valence-electron chi connectivity index (χ2n) is 10.2. The average Bonchev–Trinajstić information content (AvgIpc) is 2.99. The zero-order chi connectivity index (χ0) is 26.6. The van der Waals surface area contributed by atoms with E-state index in [2.05, 4.69) is 20.4 Å². The number of amides is 1. The predicted octanol–water partition coefficient (Wildman–Crippen LogP) is 6.37. The van der Waals surface area contributed by atoms with Gasteiger partial charge in [0.05, 0.1) is 5.56 Å². The van der Waals surface area contributed by atoms with Crippen molar-refractivity contribution >= 4 is 58.3 Å². The number of phenols is 1. The number of piperidine rings is 2. The molecule has 0 atom stereocenters. The molecule has 4 aromatic rings. The Kier molecular flexibility index (Phi) is 12.9. The maximum Gasteiger partial charge on any atom is 0.259 e. The molecule has 0 unspecified atom stereocenters. The molecule has 0 saturated carbocycles.